The number of anilines is 2. The van der Waals surface area contributed by atoms with Gasteiger partial charge in [0.2, 0.25) is 0 Å². The first-order valence-electron chi connectivity index (χ1n) is 6.04. The van der Waals surface area contributed by atoms with Crippen molar-refractivity contribution in [2.24, 2.45) is 0 Å². The fourth-order valence-corrected chi connectivity index (χ4v) is 1.72. The summed E-state index contributed by atoms with van der Waals surface area (Å²) in [5.41, 5.74) is 2.12. The molecule has 0 spiro atoms. The van der Waals surface area contributed by atoms with E-state index < -0.39 is 0 Å². The lowest BCUT2D eigenvalue weighted by atomic mass is 10.2. The van der Waals surface area contributed by atoms with Crippen LogP contribution in [0.1, 0.15) is 23.9 Å². The van der Waals surface area contributed by atoms with Gasteiger partial charge in [0.05, 0.1) is 12.5 Å². The van der Waals surface area contributed by atoms with Gasteiger partial charge in [0.25, 0.3) is 0 Å². The van der Waals surface area contributed by atoms with Crippen molar-refractivity contribution in [1.82, 2.24) is 9.97 Å². The molecule has 2 heterocycles. The minimum absolute atomic E-state index is 0.695. The SMILES string of the molecule is CCc1nc(NC)c(C)c(NCc2ccoc2)n1. The Bertz CT molecular complexity index is 508. The number of furan rings is 1. The zero-order chi connectivity index (χ0) is 13.0. The lowest BCUT2D eigenvalue weighted by Crippen LogP contribution is -2.09. The van der Waals surface area contributed by atoms with E-state index >= 15 is 0 Å². The largest absolute Gasteiger partial charge is 0.472 e. The van der Waals surface area contributed by atoms with Crippen LogP contribution in [0.5, 0.6) is 0 Å². The number of rotatable bonds is 5. The summed E-state index contributed by atoms with van der Waals surface area (Å²) in [6.45, 7) is 4.74. The number of nitrogens with zero attached hydrogens (tertiary/aromatic N) is 2. The number of aryl methyl sites for hydroxylation is 1. The zero-order valence-corrected chi connectivity index (χ0v) is 10.9. The van der Waals surface area contributed by atoms with E-state index in [9.17, 15) is 0 Å². The highest BCUT2D eigenvalue weighted by Crippen LogP contribution is 2.20. The molecule has 0 atom stereocenters. The van der Waals surface area contributed by atoms with Crippen LogP contribution in [0, 0.1) is 6.92 Å². The number of hydrogen-bond acceptors (Lipinski definition) is 5. The molecule has 2 rings (SSSR count). The number of hydrogen-bond donors (Lipinski definition) is 2. The Morgan fingerprint density at radius 3 is 2.67 bits per heavy atom. The second-order valence-electron chi connectivity index (χ2n) is 4.05. The topological polar surface area (TPSA) is 63.0 Å². The highest BCUT2D eigenvalue weighted by atomic mass is 16.3. The van der Waals surface area contributed by atoms with E-state index in [1.165, 1.54) is 0 Å². The summed E-state index contributed by atoms with van der Waals surface area (Å²) in [4.78, 5) is 8.94. The summed E-state index contributed by atoms with van der Waals surface area (Å²) in [6.07, 6.45) is 4.21. The van der Waals surface area contributed by atoms with Gasteiger partial charge in [-0.1, -0.05) is 6.92 Å². The first-order valence-corrected chi connectivity index (χ1v) is 6.04. The summed E-state index contributed by atoms with van der Waals surface area (Å²) in [5, 5.41) is 6.41. The van der Waals surface area contributed by atoms with Gasteiger partial charge in [-0.2, -0.15) is 0 Å². The van der Waals surface area contributed by atoms with Gasteiger partial charge < -0.3 is 15.1 Å². The molecule has 0 saturated heterocycles. The van der Waals surface area contributed by atoms with E-state index in [1.54, 1.807) is 12.5 Å². The summed E-state index contributed by atoms with van der Waals surface area (Å²) in [5.74, 6) is 2.57. The van der Waals surface area contributed by atoms with Crippen LogP contribution in [-0.2, 0) is 13.0 Å². The van der Waals surface area contributed by atoms with Crippen LogP contribution in [-0.4, -0.2) is 17.0 Å². The van der Waals surface area contributed by atoms with Crippen LogP contribution in [0.25, 0.3) is 0 Å². The Balaban J connectivity index is 2.20. The maximum Gasteiger partial charge on any atom is 0.135 e. The monoisotopic (exact) mass is 246 g/mol. The summed E-state index contributed by atoms with van der Waals surface area (Å²) < 4.78 is 5.04. The highest BCUT2D eigenvalue weighted by Gasteiger charge is 2.09. The van der Waals surface area contributed by atoms with Crippen LogP contribution < -0.4 is 10.6 Å². The molecule has 96 valence electrons. The smallest absolute Gasteiger partial charge is 0.135 e. The van der Waals surface area contributed by atoms with Gasteiger partial charge in [-0.15, -0.1) is 0 Å². The Morgan fingerprint density at radius 2 is 2.06 bits per heavy atom. The van der Waals surface area contributed by atoms with Crippen LogP contribution in [0.15, 0.2) is 23.0 Å². The van der Waals surface area contributed by atoms with E-state index in [0.29, 0.717) is 6.54 Å². The molecular formula is C13H18N4O. The quantitative estimate of drug-likeness (QED) is 0.849. The van der Waals surface area contributed by atoms with Crippen molar-refractivity contribution in [3.8, 4) is 0 Å². The van der Waals surface area contributed by atoms with Crippen molar-refractivity contribution < 1.29 is 4.42 Å². The third kappa shape index (κ3) is 2.61. The molecule has 0 unspecified atom stereocenters. The second kappa shape index (κ2) is 5.53. The fourth-order valence-electron chi connectivity index (χ4n) is 1.72. The summed E-state index contributed by atoms with van der Waals surface area (Å²) in [7, 11) is 1.87. The zero-order valence-electron chi connectivity index (χ0n) is 10.9. The Labute approximate surface area is 107 Å². The van der Waals surface area contributed by atoms with Crippen molar-refractivity contribution >= 4 is 11.6 Å². The van der Waals surface area contributed by atoms with Gasteiger partial charge in [0.15, 0.2) is 0 Å². The average molecular weight is 246 g/mol. The Morgan fingerprint density at radius 1 is 1.28 bits per heavy atom. The molecule has 2 N–H and O–H groups in total. The van der Waals surface area contributed by atoms with Gasteiger partial charge in [0, 0.05) is 31.1 Å². The van der Waals surface area contributed by atoms with Crippen molar-refractivity contribution in [2.45, 2.75) is 26.8 Å². The summed E-state index contributed by atoms with van der Waals surface area (Å²) in [6, 6.07) is 1.93. The first kappa shape index (κ1) is 12.4. The molecule has 0 saturated carbocycles. The van der Waals surface area contributed by atoms with Crippen LogP contribution in [0.3, 0.4) is 0 Å². The van der Waals surface area contributed by atoms with Crippen molar-refractivity contribution in [1.29, 1.82) is 0 Å². The molecule has 18 heavy (non-hydrogen) atoms. The third-order valence-electron chi connectivity index (χ3n) is 2.79. The normalized spacial score (nSPS) is 10.4. The van der Waals surface area contributed by atoms with Gasteiger partial charge in [-0.05, 0) is 13.0 Å². The second-order valence-corrected chi connectivity index (χ2v) is 4.05. The molecule has 0 radical (unpaired) electrons. The lowest BCUT2D eigenvalue weighted by molar-refractivity contribution is 0.564. The van der Waals surface area contributed by atoms with Gasteiger partial charge in [-0.25, -0.2) is 9.97 Å². The van der Waals surface area contributed by atoms with E-state index in [4.69, 9.17) is 4.42 Å². The van der Waals surface area contributed by atoms with Crippen LogP contribution in [0.2, 0.25) is 0 Å². The number of nitrogens with one attached hydrogen (secondary N) is 2. The van der Waals surface area contributed by atoms with Crippen molar-refractivity contribution in [3.05, 3.63) is 35.5 Å². The van der Waals surface area contributed by atoms with E-state index in [1.807, 2.05) is 27.0 Å². The molecule has 0 fully saturated rings. The van der Waals surface area contributed by atoms with Gasteiger partial charge >= 0.3 is 0 Å². The minimum atomic E-state index is 0.695. The average Bonchev–Trinajstić information content (AvgIpc) is 2.90. The van der Waals surface area contributed by atoms with E-state index in [-0.39, 0.29) is 0 Å². The molecule has 0 aliphatic rings. The maximum atomic E-state index is 5.04. The first-order chi connectivity index (χ1) is 8.74. The molecule has 0 aromatic carbocycles. The predicted molar refractivity (Wildman–Crippen MR) is 71.7 cm³/mol. The van der Waals surface area contributed by atoms with Gasteiger partial charge in [-0.3, -0.25) is 0 Å². The standard InChI is InChI=1S/C13H18N4O/c1-4-11-16-12(14-3)9(2)13(17-11)15-7-10-5-6-18-8-10/h5-6,8H,4,7H2,1-3H3,(H2,14,15,16,17). The number of aromatic nitrogens is 2. The lowest BCUT2D eigenvalue weighted by Gasteiger charge is -2.12. The molecule has 0 bridgehead atoms. The molecule has 5 nitrogen and oxygen atoms in total. The third-order valence-corrected chi connectivity index (χ3v) is 2.79. The van der Waals surface area contributed by atoms with Gasteiger partial charge in [0.1, 0.15) is 17.5 Å². The highest BCUT2D eigenvalue weighted by molar-refractivity contribution is 5.57. The minimum Gasteiger partial charge on any atom is -0.472 e. The Hall–Kier alpha value is -2.04. The van der Waals surface area contributed by atoms with Crippen LogP contribution in [0.4, 0.5) is 11.6 Å². The molecule has 0 amide bonds. The summed E-state index contributed by atoms with van der Waals surface area (Å²) >= 11 is 0. The van der Waals surface area contributed by atoms with Crippen molar-refractivity contribution in [2.75, 3.05) is 17.7 Å². The Kier molecular flexibility index (Phi) is 3.82. The molecular weight excluding hydrogens is 228 g/mol. The molecule has 5 heteroatoms. The molecule has 2 aromatic heterocycles. The van der Waals surface area contributed by atoms with E-state index in [2.05, 4.69) is 20.6 Å². The van der Waals surface area contributed by atoms with Crippen molar-refractivity contribution in [3.63, 3.8) is 0 Å². The fraction of sp³-hybridized carbons (Fsp3) is 0.385. The molecule has 0 aliphatic carbocycles. The maximum absolute atomic E-state index is 5.04. The molecule has 0 aliphatic heterocycles. The van der Waals surface area contributed by atoms with E-state index in [0.717, 1.165) is 35.0 Å². The van der Waals surface area contributed by atoms with Crippen LogP contribution >= 0.6 is 0 Å². The predicted octanol–water partition coefficient (Wildman–Crippen LogP) is 2.59. The molecule has 2 aromatic rings.